The van der Waals surface area contributed by atoms with E-state index in [1.807, 2.05) is 18.2 Å². The minimum Gasteiger partial charge on any atom is -0.347 e. The fourth-order valence-electron chi connectivity index (χ4n) is 2.66. The highest BCUT2D eigenvalue weighted by molar-refractivity contribution is 5.70. The van der Waals surface area contributed by atoms with Gasteiger partial charge in [0, 0.05) is 23.8 Å². The van der Waals surface area contributed by atoms with Gasteiger partial charge < -0.3 is 4.90 Å². The lowest BCUT2D eigenvalue weighted by Crippen LogP contribution is -2.22. The van der Waals surface area contributed by atoms with Gasteiger partial charge in [-0.2, -0.15) is 0 Å². The smallest absolute Gasteiger partial charge is 0.0447 e. The monoisotopic (exact) mass is 251 g/mol. The summed E-state index contributed by atoms with van der Waals surface area (Å²) in [4.78, 5) is 2.27. The van der Waals surface area contributed by atoms with Crippen LogP contribution in [0.15, 0.2) is 73.0 Å². The first kappa shape index (κ1) is 13.4. The lowest BCUT2D eigenvalue weighted by molar-refractivity contribution is 0.640. The van der Waals surface area contributed by atoms with Crippen LogP contribution in [0.3, 0.4) is 0 Å². The molecule has 0 radical (unpaired) electrons. The van der Waals surface area contributed by atoms with Gasteiger partial charge in [-0.05, 0) is 17.7 Å². The summed E-state index contributed by atoms with van der Waals surface area (Å²) in [7, 11) is 2.13. The molecule has 0 atom stereocenters. The lowest BCUT2D eigenvalue weighted by atomic mass is 9.84. The third-order valence-corrected chi connectivity index (χ3v) is 3.66. The lowest BCUT2D eigenvalue weighted by Gasteiger charge is -2.23. The third kappa shape index (κ3) is 2.41. The Balaban J connectivity index is 2.34. The standard InChI is InChI=1S/C18H21N/c1-5-6-7-8-9-14-17-18(2,3)15-12-10-11-13-16(15)19(17)4/h5-14H,1H2,2-4H3/b7-6+,9-8+,17-14-. The molecule has 0 aliphatic carbocycles. The van der Waals surface area contributed by atoms with E-state index in [-0.39, 0.29) is 5.41 Å². The van der Waals surface area contributed by atoms with Crippen molar-refractivity contribution in [1.29, 1.82) is 0 Å². The molecule has 19 heavy (non-hydrogen) atoms. The molecule has 0 saturated carbocycles. The van der Waals surface area contributed by atoms with Crippen molar-refractivity contribution < 1.29 is 0 Å². The van der Waals surface area contributed by atoms with Gasteiger partial charge in [-0.25, -0.2) is 0 Å². The van der Waals surface area contributed by atoms with Gasteiger partial charge in [-0.15, -0.1) is 0 Å². The number of fused-ring (bicyclic) bond motifs is 1. The molecule has 1 nitrogen and oxygen atoms in total. The zero-order valence-corrected chi connectivity index (χ0v) is 11.9. The van der Waals surface area contributed by atoms with Crippen LogP contribution >= 0.6 is 0 Å². The number of para-hydroxylation sites is 1. The second-order valence-electron chi connectivity index (χ2n) is 5.26. The van der Waals surface area contributed by atoms with Gasteiger partial charge in [0.05, 0.1) is 0 Å². The maximum atomic E-state index is 3.65. The highest BCUT2D eigenvalue weighted by Gasteiger charge is 2.37. The van der Waals surface area contributed by atoms with E-state index in [0.717, 1.165) is 0 Å². The number of hydrogen-bond donors (Lipinski definition) is 0. The summed E-state index contributed by atoms with van der Waals surface area (Å²) in [6.45, 7) is 8.20. The summed E-state index contributed by atoms with van der Waals surface area (Å²) < 4.78 is 0. The molecule has 1 aromatic rings. The average Bonchev–Trinajstić information content (AvgIpc) is 2.60. The van der Waals surface area contributed by atoms with E-state index in [2.05, 4.69) is 68.8 Å². The molecule has 1 aromatic carbocycles. The summed E-state index contributed by atoms with van der Waals surface area (Å²) >= 11 is 0. The summed E-state index contributed by atoms with van der Waals surface area (Å²) in [5.41, 5.74) is 4.06. The molecule has 2 rings (SSSR count). The Morgan fingerprint density at radius 2 is 1.74 bits per heavy atom. The summed E-state index contributed by atoms with van der Waals surface area (Å²) in [5.74, 6) is 0. The van der Waals surface area contributed by atoms with Gasteiger partial charge >= 0.3 is 0 Å². The summed E-state index contributed by atoms with van der Waals surface area (Å²) in [6, 6.07) is 8.60. The van der Waals surface area contributed by atoms with Crippen molar-refractivity contribution in [1.82, 2.24) is 0 Å². The number of anilines is 1. The number of allylic oxidation sites excluding steroid dienone is 7. The number of likely N-dealkylation sites (N-methyl/N-ethyl adjacent to an activating group) is 1. The molecule has 1 heterocycles. The molecular weight excluding hydrogens is 230 g/mol. The van der Waals surface area contributed by atoms with E-state index >= 15 is 0 Å². The molecule has 0 fully saturated rings. The van der Waals surface area contributed by atoms with Gasteiger partial charge in [-0.3, -0.25) is 0 Å². The normalized spacial score (nSPS) is 19.5. The van der Waals surface area contributed by atoms with Gasteiger partial charge in [0.15, 0.2) is 0 Å². The quantitative estimate of drug-likeness (QED) is 0.710. The van der Waals surface area contributed by atoms with Crippen molar-refractivity contribution in [3.8, 4) is 0 Å². The second-order valence-corrected chi connectivity index (χ2v) is 5.26. The van der Waals surface area contributed by atoms with E-state index in [1.54, 1.807) is 6.08 Å². The van der Waals surface area contributed by atoms with Crippen LogP contribution in [-0.4, -0.2) is 7.05 Å². The first-order chi connectivity index (χ1) is 9.09. The predicted octanol–water partition coefficient (Wildman–Crippen LogP) is 4.60. The van der Waals surface area contributed by atoms with E-state index in [9.17, 15) is 0 Å². The molecule has 1 aliphatic heterocycles. The molecule has 0 spiro atoms. The van der Waals surface area contributed by atoms with Crippen LogP contribution in [-0.2, 0) is 5.41 Å². The van der Waals surface area contributed by atoms with Crippen molar-refractivity contribution in [2.45, 2.75) is 19.3 Å². The fourth-order valence-corrected chi connectivity index (χ4v) is 2.66. The number of hydrogen-bond acceptors (Lipinski definition) is 1. The van der Waals surface area contributed by atoms with Crippen LogP contribution < -0.4 is 4.90 Å². The van der Waals surface area contributed by atoms with Crippen LogP contribution in [0.4, 0.5) is 5.69 Å². The largest absolute Gasteiger partial charge is 0.347 e. The van der Waals surface area contributed by atoms with E-state index in [4.69, 9.17) is 0 Å². The zero-order chi connectivity index (χ0) is 13.9. The third-order valence-electron chi connectivity index (χ3n) is 3.66. The van der Waals surface area contributed by atoms with Crippen molar-refractivity contribution >= 4 is 5.69 Å². The number of nitrogens with zero attached hydrogens (tertiary/aromatic N) is 1. The SMILES string of the molecule is C=C/C=C/C=C/C=C1\N(C)c2ccccc2C1(C)C. The minimum atomic E-state index is 0.0534. The first-order valence-electron chi connectivity index (χ1n) is 6.59. The van der Waals surface area contributed by atoms with Crippen LogP contribution in [0.5, 0.6) is 0 Å². The Morgan fingerprint density at radius 3 is 2.42 bits per heavy atom. The van der Waals surface area contributed by atoms with Gasteiger partial charge in [0.25, 0.3) is 0 Å². The molecule has 0 bridgehead atoms. The highest BCUT2D eigenvalue weighted by Crippen LogP contribution is 2.46. The van der Waals surface area contributed by atoms with Crippen molar-refractivity contribution in [2.24, 2.45) is 0 Å². The Kier molecular flexibility index (Phi) is 3.75. The molecule has 0 N–H and O–H groups in total. The van der Waals surface area contributed by atoms with Crippen LogP contribution in [0, 0.1) is 0 Å². The van der Waals surface area contributed by atoms with E-state index in [0.29, 0.717) is 0 Å². The van der Waals surface area contributed by atoms with Crippen molar-refractivity contribution in [2.75, 3.05) is 11.9 Å². The van der Waals surface area contributed by atoms with Gasteiger partial charge in [0.2, 0.25) is 0 Å². The fraction of sp³-hybridized carbons (Fsp3) is 0.222. The Bertz CT molecular complexity index is 559. The topological polar surface area (TPSA) is 3.24 Å². The minimum absolute atomic E-state index is 0.0534. The maximum absolute atomic E-state index is 3.65. The molecule has 0 aromatic heterocycles. The molecule has 0 unspecified atom stereocenters. The number of benzene rings is 1. The number of rotatable bonds is 3. The van der Waals surface area contributed by atoms with Crippen LogP contribution in [0.25, 0.3) is 0 Å². The maximum Gasteiger partial charge on any atom is 0.0447 e. The molecule has 1 heteroatoms. The van der Waals surface area contributed by atoms with Gasteiger partial charge in [-0.1, -0.05) is 69.0 Å². The molecular formula is C18H21N. The molecule has 98 valence electrons. The summed E-state index contributed by atoms with van der Waals surface area (Å²) in [5, 5.41) is 0. The summed E-state index contributed by atoms with van der Waals surface area (Å²) in [6.07, 6.45) is 12.0. The zero-order valence-electron chi connectivity index (χ0n) is 11.9. The van der Waals surface area contributed by atoms with Crippen molar-refractivity contribution in [3.05, 3.63) is 78.6 Å². The highest BCUT2D eigenvalue weighted by atomic mass is 15.2. The first-order valence-corrected chi connectivity index (χ1v) is 6.59. The van der Waals surface area contributed by atoms with Crippen molar-refractivity contribution in [3.63, 3.8) is 0 Å². The molecule has 0 amide bonds. The predicted molar refractivity (Wildman–Crippen MR) is 84.4 cm³/mol. The average molecular weight is 251 g/mol. The molecule has 1 aliphatic rings. The van der Waals surface area contributed by atoms with Crippen LogP contribution in [0.2, 0.25) is 0 Å². The van der Waals surface area contributed by atoms with E-state index in [1.165, 1.54) is 16.9 Å². The second kappa shape index (κ2) is 5.31. The Labute approximate surface area is 116 Å². The van der Waals surface area contributed by atoms with Gasteiger partial charge in [0.1, 0.15) is 0 Å². The Morgan fingerprint density at radius 1 is 1.05 bits per heavy atom. The molecule has 0 saturated heterocycles. The van der Waals surface area contributed by atoms with E-state index < -0.39 is 0 Å². The Hall–Kier alpha value is -2.02. The van der Waals surface area contributed by atoms with Crippen LogP contribution in [0.1, 0.15) is 19.4 Å².